The minimum absolute atomic E-state index is 0.0939. The average molecular weight is 547 g/mol. The van der Waals surface area contributed by atoms with Crippen LogP contribution in [0.3, 0.4) is 0 Å². The molecule has 0 saturated carbocycles. The van der Waals surface area contributed by atoms with Crippen LogP contribution in [0.25, 0.3) is 22.2 Å². The van der Waals surface area contributed by atoms with Crippen molar-refractivity contribution in [2.24, 2.45) is 0 Å². The zero-order chi connectivity index (χ0) is 28.2. The number of H-pyrrole nitrogens is 2. The van der Waals surface area contributed by atoms with E-state index in [1.54, 1.807) is 6.20 Å². The van der Waals surface area contributed by atoms with Crippen molar-refractivity contribution in [3.8, 4) is 11.3 Å². The van der Waals surface area contributed by atoms with E-state index in [4.69, 9.17) is 0 Å². The van der Waals surface area contributed by atoms with Crippen molar-refractivity contribution in [2.45, 2.75) is 20.0 Å². The molecule has 4 N–H and O–H groups in total. The van der Waals surface area contributed by atoms with Crippen molar-refractivity contribution in [1.29, 1.82) is 0 Å². The fraction of sp³-hybridized carbons (Fsp3) is 0.207. The number of rotatable bonds is 10. The highest BCUT2D eigenvalue weighted by molar-refractivity contribution is 6.04. The summed E-state index contributed by atoms with van der Waals surface area (Å²) in [5.41, 5.74) is 3.64. The standard InChI is InChI=1S/C29H28F2N6O3/c1-2-36(7-8-38)15-18-4-6-26-20(9-18)12-27(35-26)23-11-21(13-32-29(23)40)28(39)34-22-14-33-37(17-22)16-19-3-5-24(30)25(31)10-19/h3-6,9-14,17,35,38H,2,7-8,15-16H2,1H3,(H,32,40)(H,34,39). The first kappa shape index (κ1) is 27.0. The third-order valence-corrected chi connectivity index (χ3v) is 6.63. The van der Waals surface area contributed by atoms with E-state index >= 15 is 0 Å². The number of carbonyl (C=O) groups excluding carboxylic acids is 1. The van der Waals surface area contributed by atoms with Crippen molar-refractivity contribution < 1.29 is 18.7 Å². The Balaban J connectivity index is 1.32. The maximum atomic E-state index is 13.5. The molecule has 40 heavy (non-hydrogen) atoms. The second-order valence-electron chi connectivity index (χ2n) is 9.46. The first-order chi connectivity index (χ1) is 19.3. The Kier molecular flexibility index (Phi) is 7.85. The van der Waals surface area contributed by atoms with Crippen LogP contribution < -0.4 is 10.9 Å². The van der Waals surface area contributed by atoms with Gasteiger partial charge in [-0.15, -0.1) is 0 Å². The van der Waals surface area contributed by atoms with Crippen LogP contribution in [0.2, 0.25) is 0 Å². The van der Waals surface area contributed by atoms with E-state index in [2.05, 4.69) is 25.3 Å². The molecule has 0 aliphatic rings. The number of likely N-dealkylation sites (N-methyl/N-ethyl adjacent to an activating group) is 1. The monoisotopic (exact) mass is 546 g/mol. The number of aliphatic hydroxyl groups is 1. The van der Waals surface area contributed by atoms with E-state index in [0.717, 1.165) is 35.1 Å². The second-order valence-corrected chi connectivity index (χ2v) is 9.46. The molecule has 0 aliphatic heterocycles. The van der Waals surface area contributed by atoms with Crippen molar-refractivity contribution in [3.63, 3.8) is 0 Å². The van der Waals surface area contributed by atoms with Gasteiger partial charge in [0.25, 0.3) is 11.5 Å². The van der Waals surface area contributed by atoms with Gasteiger partial charge in [0.1, 0.15) is 0 Å². The van der Waals surface area contributed by atoms with Gasteiger partial charge in [0.15, 0.2) is 11.6 Å². The van der Waals surface area contributed by atoms with E-state index < -0.39 is 17.5 Å². The molecular formula is C29H28F2N6O3. The van der Waals surface area contributed by atoms with Crippen molar-refractivity contribution >= 4 is 22.5 Å². The van der Waals surface area contributed by atoms with Crippen molar-refractivity contribution in [1.82, 2.24) is 24.6 Å². The van der Waals surface area contributed by atoms with Gasteiger partial charge in [0.2, 0.25) is 0 Å². The van der Waals surface area contributed by atoms with Gasteiger partial charge >= 0.3 is 0 Å². The number of carbonyl (C=O) groups is 1. The molecular weight excluding hydrogens is 518 g/mol. The first-order valence-electron chi connectivity index (χ1n) is 12.8. The zero-order valence-electron chi connectivity index (χ0n) is 21.7. The lowest BCUT2D eigenvalue weighted by Gasteiger charge is -2.19. The quantitative estimate of drug-likeness (QED) is 0.210. The number of aromatic nitrogens is 4. The molecule has 3 aromatic heterocycles. The van der Waals surface area contributed by atoms with E-state index in [9.17, 15) is 23.5 Å². The largest absolute Gasteiger partial charge is 0.395 e. The van der Waals surface area contributed by atoms with Crippen LogP contribution in [-0.2, 0) is 13.1 Å². The Morgan fingerprint density at radius 3 is 2.70 bits per heavy atom. The Bertz CT molecular complexity index is 1720. The Labute approximate surface area is 228 Å². The van der Waals surface area contributed by atoms with E-state index in [0.29, 0.717) is 35.6 Å². The summed E-state index contributed by atoms with van der Waals surface area (Å²) in [6, 6.07) is 13.0. The van der Waals surface area contributed by atoms with Gasteiger partial charge in [-0.05, 0) is 54.1 Å². The van der Waals surface area contributed by atoms with Crippen LogP contribution in [0.15, 0.2) is 71.9 Å². The summed E-state index contributed by atoms with van der Waals surface area (Å²) >= 11 is 0. The molecule has 11 heteroatoms. The molecule has 206 valence electrons. The predicted molar refractivity (Wildman–Crippen MR) is 148 cm³/mol. The molecule has 5 aromatic rings. The average Bonchev–Trinajstić information content (AvgIpc) is 3.57. The second kappa shape index (κ2) is 11.6. The van der Waals surface area contributed by atoms with Gasteiger partial charge in [-0.1, -0.05) is 19.1 Å². The normalized spacial score (nSPS) is 11.4. The summed E-state index contributed by atoms with van der Waals surface area (Å²) in [6.07, 6.45) is 4.36. The zero-order valence-corrected chi connectivity index (χ0v) is 21.7. The van der Waals surface area contributed by atoms with Gasteiger partial charge in [-0.25, -0.2) is 8.78 Å². The van der Waals surface area contributed by atoms with Crippen LogP contribution in [0.4, 0.5) is 14.5 Å². The fourth-order valence-corrected chi connectivity index (χ4v) is 4.53. The van der Waals surface area contributed by atoms with Gasteiger partial charge in [0, 0.05) is 36.4 Å². The van der Waals surface area contributed by atoms with Crippen LogP contribution in [0.1, 0.15) is 28.4 Å². The Morgan fingerprint density at radius 2 is 1.93 bits per heavy atom. The Hall–Kier alpha value is -4.61. The lowest BCUT2D eigenvalue weighted by atomic mass is 10.1. The van der Waals surface area contributed by atoms with E-state index in [1.165, 1.54) is 29.2 Å². The summed E-state index contributed by atoms with van der Waals surface area (Å²) in [7, 11) is 0. The molecule has 2 aromatic carbocycles. The number of anilines is 1. The molecule has 0 fully saturated rings. The van der Waals surface area contributed by atoms with Crippen LogP contribution >= 0.6 is 0 Å². The predicted octanol–water partition coefficient (Wildman–Crippen LogP) is 4.11. The molecule has 0 saturated heterocycles. The highest BCUT2D eigenvalue weighted by Gasteiger charge is 2.14. The third kappa shape index (κ3) is 6.00. The maximum absolute atomic E-state index is 13.5. The molecule has 5 rings (SSSR count). The van der Waals surface area contributed by atoms with Crippen LogP contribution in [0.5, 0.6) is 0 Å². The number of hydrogen-bond acceptors (Lipinski definition) is 5. The summed E-state index contributed by atoms with van der Waals surface area (Å²) in [5, 5.41) is 17.1. The third-order valence-electron chi connectivity index (χ3n) is 6.63. The number of aliphatic hydroxyl groups excluding tert-OH is 1. The number of hydrogen-bond donors (Lipinski definition) is 4. The molecule has 3 heterocycles. The number of nitrogens with zero attached hydrogens (tertiary/aromatic N) is 3. The number of amides is 1. The number of aromatic amines is 2. The smallest absolute Gasteiger partial charge is 0.257 e. The summed E-state index contributed by atoms with van der Waals surface area (Å²) in [6.45, 7) is 4.43. The molecule has 0 radical (unpaired) electrons. The van der Waals surface area contributed by atoms with E-state index in [-0.39, 0.29) is 24.3 Å². The van der Waals surface area contributed by atoms with Gasteiger partial charge in [0.05, 0.1) is 41.9 Å². The summed E-state index contributed by atoms with van der Waals surface area (Å²) < 4.78 is 28.2. The SMILES string of the molecule is CCN(CCO)Cc1ccc2[nH]c(-c3cc(C(=O)Nc4cnn(Cc5ccc(F)c(F)c5)c4)c[nH]c3=O)cc2c1. The number of nitrogens with one attached hydrogen (secondary N) is 3. The van der Waals surface area contributed by atoms with Gasteiger partial charge < -0.3 is 20.4 Å². The minimum atomic E-state index is -0.941. The summed E-state index contributed by atoms with van der Waals surface area (Å²) in [5.74, 6) is -2.32. The highest BCUT2D eigenvalue weighted by atomic mass is 19.2. The first-order valence-corrected chi connectivity index (χ1v) is 12.8. The van der Waals surface area contributed by atoms with Gasteiger partial charge in [-0.3, -0.25) is 19.2 Å². The van der Waals surface area contributed by atoms with Gasteiger partial charge in [-0.2, -0.15) is 5.10 Å². The molecule has 0 bridgehead atoms. The van der Waals surface area contributed by atoms with Crippen LogP contribution in [-0.4, -0.2) is 55.4 Å². The molecule has 0 spiro atoms. The van der Waals surface area contributed by atoms with E-state index in [1.807, 2.05) is 31.2 Å². The number of benzene rings is 2. The molecule has 9 nitrogen and oxygen atoms in total. The molecule has 0 atom stereocenters. The molecule has 0 aliphatic carbocycles. The number of halogens is 2. The Morgan fingerprint density at radius 1 is 1.10 bits per heavy atom. The molecule has 0 unspecified atom stereocenters. The van der Waals surface area contributed by atoms with Crippen molar-refractivity contribution in [2.75, 3.05) is 25.0 Å². The van der Waals surface area contributed by atoms with Crippen LogP contribution in [0, 0.1) is 11.6 Å². The lowest BCUT2D eigenvalue weighted by molar-refractivity contribution is 0.102. The number of fused-ring (bicyclic) bond motifs is 1. The lowest BCUT2D eigenvalue weighted by Crippen LogP contribution is -2.25. The van der Waals surface area contributed by atoms with Crippen molar-refractivity contribution in [3.05, 3.63) is 106 Å². The minimum Gasteiger partial charge on any atom is -0.395 e. The highest BCUT2D eigenvalue weighted by Crippen LogP contribution is 2.24. The maximum Gasteiger partial charge on any atom is 0.257 e. The fourth-order valence-electron chi connectivity index (χ4n) is 4.53. The topological polar surface area (TPSA) is 119 Å². The summed E-state index contributed by atoms with van der Waals surface area (Å²) in [4.78, 5) is 33.7. The number of pyridine rings is 1. The molecule has 1 amide bonds.